The van der Waals surface area contributed by atoms with E-state index in [1.807, 2.05) is 17.5 Å². The van der Waals surface area contributed by atoms with Crippen LogP contribution < -0.4 is 4.74 Å². The molecule has 0 N–H and O–H groups in total. The molecular weight excluding hydrogens is 452 g/mol. The molecule has 3 atom stereocenters. The third kappa shape index (κ3) is 4.54. The van der Waals surface area contributed by atoms with Crippen LogP contribution in [-0.2, 0) is 34.0 Å². The SMILES string of the molecule is CC1COCC(C)N1Cc1ccc(OCc2scc3c2CN([C@H]2CCC(=O)CC2=O)C3=O)cc1. The number of hydrogen-bond donors (Lipinski definition) is 0. The third-order valence-electron chi connectivity index (χ3n) is 7.13. The van der Waals surface area contributed by atoms with E-state index in [0.29, 0.717) is 43.6 Å². The molecule has 3 aliphatic rings. The van der Waals surface area contributed by atoms with Crippen LogP contribution in [0.3, 0.4) is 0 Å². The Morgan fingerprint density at radius 3 is 2.53 bits per heavy atom. The highest BCUT2D eigenvalue weighted by molar-refractivity contribution is 7.10. The Morgan fingerprint density at radius 1 is 1.09 bits per heavy atom. The van der Waals surface area contributed by atoms with Crippen molar-refractivity contribution in [3.05, 3.63) is 51.2 Å². The van der Waals surface area contributed by atoms with Crippen LogP contribution in [0.2, 0.25) is 0 Å². The van der Waals surface area contributed by atoms with Crippen LogP contribution in [0, 0.1) is 0 Å². The summed E-state index contributed by atoms with van der Waals surface area (Å²) in [6.45, 7) is 7.61. The molecule has 1 aromatic heterocycles. The first kappa shape index (κ1) is 23.2. The number of ether oxygens (including phenoxy) is 2. The van der Waals surface area contributed by atoms with Gasteiger partial charge in [-0.3, -0.25) is 19.3 Å². The van der Waals surface area contributed by atoms with Gasteiger partial charge in [0.25, 0.3) is 5.91 Å². The molecule has 2 aromatic rings. The second-order valence-corrected chi connectivity index (χ2v) is 10.5. The van der Waals surface area contributed by atoms with Crippen LogP contribution in [0.15, 0.2) is 29.6 Å². The second-order valence-electron chi connectivity index (χ2n) is 9.56. The molecule has 34 heavy (non-hydrogen) atoms. The summed E-state index contributed by atoms with van der Waals surface area (Å²) < 4.78 is 11.7. The van der Waals surface area contributed by atoms with Gasteiger partial charge in [-0.2, -0.15) is 0 Å². The normalized spacial score (nSPS) is 25.6. The van der Waals surface area contributed by atoms with Gasteiger partial charge in [0, 0.05) is 47.4 Å². The number of Topliss-reactive ketones (excluding diaryl/α,β-unsaturated/α-hetero) is 2. The maximum atomic E-state index is 12.9. The van der Waals surface area contributed by atoms with E-state index in [-0.39, 0.29) is 23.9 Å². The Balaban J connectivity index is 1.20. The van der Waals surface area contributed by atoms with Crippen LogP contribution in [0.4, 0.5) is 0 Å². The lowest BCUT2D eigenvalue weighted by Gasteiger charge is -2.38. The minimum atomic E-state index is -0.485. The van der Waals surface area contributed by atoms with Crippen molar-refractivity contribution in [1.29, 1.82) is 0 Å². The van der Waals surface area contributed by atoms with Gasteiger partial charge in [-0.1, -0.05) is 12.1 Å². The smallest absolute Gasteiger partial charge is 0.255 e. The van der Waals surface area contributed by atoms with E-state index in [1.54, 1.807) is 4.90 Å². The lowest BCUT2D eigenvalue weighted by Crippen LogP contribution is -2.48. The molecule has 0 radical (unpaired) electrons. The van der Waals surface area contributed by atoms with Crippen molar-refractivity contribution in [3.63, 3.8) is 0 Å². The fourth-order valence-electron chi connectivity index (χ4n) is 5.13. The summed E-state index contributed by atoms with van der Waals surface area (Å²) in [6, 6.07) is 8.50. The van der Waals surface area contributed by atoms with Crippen molar-refractivity contribution in [1.82, 2.24) is 9.80 Å². The summed E-state index contributed by atoms with van der Waals surface area (Å²) in [7, 11) is 0. The molecule has 7 nitrogen and oxygen atoms in total. The Morgan fingerprint density at radius 2 is 1.82 bits per heavy atom. The number of ketones is 2. The topological polar surface area (TPSA) is 76.2 Å². The number of carbonyl (C=O) groups is 3. The Hall–Kier alpha value is -2.55. The minimum absolute atomic E-state index is 0.0313. The van der Waals surface area contributed by atoms with Crippen molar-refractivity contribution in [2.24, 2.45) is 0 Å². The predicted molar refractivity (Wildman–Crippen MR) is 128 cm³/mol. The second kappa shape index (κ2) is 9.60. The molecule has 1 amide bonds. The Bertz CT molecular complexity index is 1090. The van der Waals surface area contributed by atoms with Crippen molar-refractivity contribution in [3.8, 4) is 5.75 Å². The van der Waals surface area contributed by atoms with Gasteiger partial charge >= 0.3 is 0 Å². The van der Waals surface area contributed by atoms with Crippen molar-refractivity contribution in [2.45, 2.75) is 70.9 Å². The predicted octanol–water partition coefficient (Wildman–Crippen LogP) is 3.58. The number of fused-ring (bicyclic) bond motifs is 1. The molecule has 1 saturated carbocycles. The lowest BCUT2D eigenvalue weighted by molar-refractivity contribution is -0.133. The fourth-order valence-corrected chi connectivity index (χ4v) is 6.08. The zero-order valence-electron chi connectivity index (χ0n) is 19.6. The monoisotopic (exact) mass is 482 g/mol. The summed E-state index contributed by atoms with van der Waals surface area (Å²) in [5.41, 5.74) is 2.85. The van der Waals surface area contributed by atoms with E-state index in [4.69, 9.17) is 9.47 Å². The van der Waals surface area contributed by atoms with E-state index in [2.05, 4.69) is 30.9 Å². The zero-order chi connectivity index (χ0) is 23.8. The first-order valence-electron chi connectivity index (χ1n) is 11.9. The van der Waals surface area contributed by atoms with E-state index < -0.39 is 6.04 Å². The number of morpholine rings is 1. The fraction of sp³-hybridized carbons (Fsp3) is 0.500. The van der Waals surface area contributed by atoms with Crippen LogP contribution in [0.5, 0.6) is 5.75 Å². The van der Waals surface area contributed by atoms with Gasteiger partial charge in [0.1, 0.15) is 18.1 Å². The Kier molecular flexibility index (Phi) is 6.55. The number of amides is 1. The molecule has 180 valence electrons. The van der Waals surface area contributed by atoms with Gasteiger partial charge in [0.2, 0.25) is 0 Å². The Labute approximate surface area is 203 Å². The van der Waals surface area contributed by atoms with Gasteiger partial charge in [0.05, 0.1) is 31.2 Å². The average Bonchev–Trinajstić information content (AvgIpc) is 3.36. The molecular formula is C26H30N2O5S. The largest absolute Gasteiger partial charge is 0.488 e. The van der Waals surface area contributed by atoms with Gasteiger partial charge in [-0.15, -0.1) is 11.3 Å². The molecule has 2 fully saturated rings. The number of hydrogen-bond acceptors (Lipinski definition) is 7. The lowest BCUT2D eigenvalue weighted by atomic mass is 9.92. The standard InChI is InChI=1S/C26H30N2O5S/c1-16-12-32-13-17(2)27(16)10-18-3-6-20(7-4-18)33-14-25-21-11-28(26(31)22(21)15-34-25)23-8-5-19(29)9-24(23)30/h3-4,6-7,15-17,23H,5,8-14H2,1-2H3/t16?,17?,23-/m0/s1. The van der Waals surface area contributed by atoms with E-state index in [1.165, 1.54) is 16.9 Å². The van der Waals surface area contributed by atoms with Gasteiger partial charge < -0.3 is 14.4 Å². The molecule has 1 aromatic carbocycles. The molecule has 1 aliphatic carbocycles. The highest BCUT2D eigenvalue weighted by Gasteiger charge is 2.40. The maximum Gasteiger partial charge on any atom is 0.255 e. The van der Waals surface area contributed by atoms with Gasteiger partial charge in [0.15, 0.2) is 5.78 Å². The molecule has 3 heterocycles. The van der Waals surface area contributed by atoms with E-state index >= 15 is 0 Å². The van der Waals surface area contributed by atoms with Crippen LogP contribution >= 0.6 is 11.3 Å². The third-order valence-corrected chi connectivity index (χ3v) is 8.13. The number of rotatable bonds is 6. The summed E-state index contributed by atoms with van der Waals surface area (Å²) in [6.07, 6.45) is 0.732. The maximum absolute atomic E-state index is 12.9. The number of benzene rings is 1. The quantitative estimate of drug-likeness (QED) is 0.586. The number of carbonyl (C=O) groups excluding carboxylic acids is 3. The van der Waals surface area contributed by atoms with Crippen LogP contribution in [-0.4, -0.2) is 58.6 Å². The summed E-state index contributed by atoms with van der Waals surface area (Å²) >= 11 is 1.52. The van der Waals surface area contributed by atoms with E-state index in [9.17, 15) is 14.4 Å². The zero-order valence-corrected chi connectivity index (χ0v) is 20.4. The molecule has 1 saturated heterocycles. The molecule has 2 aliphatic heterocycles. The molecule has 0 bridgehead atoms. The summed E-state index contributed by atoms with van der Waals surface area (Å²) in [5, 5.41) is 1.86. The average molecular weight is 483 g/mol. The number of nitrogens with zero attached hydrogens (tertiary/aromatic N) is 2. The summed E-state index contributed by atoms with van der Waals surface area (Å²) in [5.74, 6) is 0.505. The highest BCUT2D eigenvalue weighted by Crippen LogP contribution is 2.35. The van der Waals surface area contributed by atoms with Gasteiger partial charge in [-0.05, 0) is 38.0 Å². The molecule has 2 unspecified atom stereocenters. The van der Waals surface area contributed by atoms with Crippen molar-refractivity contribution in [2.75, 3.05) is 13.2 Å². The first-order chi connectivity index (χ1) is 16.4. The first-order valence-corrected chi connectivity index (χ1v) is 12.8. The van der Waals surface area contributed by atoms with E-state index in [0.717, 1.165) is 35.9 Å². The van der Waals surface area contributed by atoms with Crippen LogP contribution in [0.1, 0.15) is 59.5 Å². The highest BCUT2D eigenvalue weighted by atomic mass is 32.1. The summed E-state index contributed by atoms with van der Waals surface area (Å²) in [4.78, 5) is 41.9. The molecule has 8 heteroatoms. The molecule has 5 rings (SSSR count). The number of thiophene rings is 1. The molecule has 0 spiro atoms. The van der Waals surface area contributed by atoms with Gasteiger partial charge in [-0.25, -0.2) is 0 Å². The van der Waals surface area contributed by atoms with Crippen LogP contribution in [0.25, 0.3) is 0 Å². The minimum Gasteiger partial charge on any atom is -0.488 e. The van der Waals surface area contributed by atoms with Crippen molar-refractivity contribution >= 4 is 28.8 Å². The van der Waals surface area contributed by atoms with Crippen molar-refractivity contribution < 1.29 is 23.9 Å².